The van der Waals surface area contributed by atoms with Gasteiger partial charge in [-0.3, -0.25) is 9.36 Å². The summed E-state index contributed by atoms with van der Waals surface area (Å²) >= 11 is 0. The van der Waals surface area contributed by atoms with Crippen LogP contribution in [0.15, 0.2) is 35.1 Å². The molecule has 0 atom stereocenters. The van der Waals surface area contributed by atoms with Crippen LogP contribution in [0, 0.1) is 24.4 Å². The summed E-state index contributed by atoms with van der Waals surface area (Å²) in [6, 6.07) is 5.36. The van der Waals surface area contributed by atoms with Crippen LogP contribution in [0.2, 0.25) is 0 Å². The predicted octanol–water partition coefficient (Wildman–Crippen LogP) is 2.61. The molecule has 3 rings (SSSR count). The van der Waals surface area contributed by atoms with Gasteiger partial charge in [0.1, 0.15) is 28.7 Å². The zero-order chi connectivity index (χ0) is 17.4. The second kappa shape index (κ2) is 6.09. The fourth-order valence-corrected chi connectivity index (χ4v) is 2.66. The van der Waals surface area contributed by atoms with Crippen LogP contribution in [0.5, 0.6) is 0 Å². The lowest BCUT2D eigenvalue weighted by atomic mass is 10.1. The zero-order valence-corrected chi connectivity index (χ0v) is 12.8. The van der Waals surface area contributed by atoms with Crippen LogP contribution in [-0.2, 0) is 6.42 Å². The lowest BCUT2D eigenvalue weighted by molar-refractivity contribution is 0.580. The number of rotatable bonds is 3. The zero-order valence-electron chi connectivity index (χ0n) is 12.8. The Bertz CT molecular complexity index is 978. The number of aryl methyl sites for hydroxylation is 1. The molecule has 0 saturated heterocycles. The summed E-state index contributed by atoms with van der Waals surface area (Å²) < 4.78 is 42.3. The molecule has 0 unspecified atom stereocenters. The van der Waals surface area contributed by atoms with E-state index >= 15 is 0 Å². The molecule has 0 spiro atoms. The molecule has 2 aromatic carbocycles. The van der Waals surface area contributed by atoms with E-state index in [1.54, 1.807) is 6.92 Å². The van der Waals surface area contributed by atoms with E-state index in [0.29, 0.717) is 11.6 Å². The molecule has 0 saturated carbocycles. The maximum atomic E-state index is 14.2. The minimum atomic E-state index is -0.847. The highest BCUT2D eigenvalue weighted by molar-refractivity contribution is 5.81. The summed E-state index contributed by atoms with van der Waals surface area (Å²) in [7, 11) is 0. The Morgan fingerprint density at radius 1 is 1.12 bits per heavy atom. The van der Waals surface area contributed by atoms with E-state index in [1.807, 2.05) is 0 Å². The van der Waals surface area contributed by atoms with Crippen LogP contribution in [-0.4, -0.2) is 16.1 Å². The number of fused-ring (bicyclic) bond motifs is 1. The maximum Gasteiger partial charge on any atom is 0.268 e. The van der Waals surface area contributed by atoms with E-state index in [0.717, 1.165) is 16.7 Å². The molecule has 0 amide bonds. The smallest absolute Gasteiger partial charge is 0.268 e. The Kier molecular flexibility index (Phi) is 4.11. The molecular weight excluding hydrogens is 319 g/mol. The average molecular weight is 333 g/mol. The van der Waals surface area contributed by atoms with Crippen LogP contribution in [0.25, 0.3) is 16.6 Å². The van der Waals surface area contributed by atoms with Gasteiger partial charge in [0, 0.05) is 12.5 Å². The number of nitrogens with zero attached hydrogens (tertiary/aromatic N) is 2. The first-order chi connectivity index (χ1) is 11.4. The molecule has 1 heterocycles. The molecule has 7 heteroatoms. The molecule has 0 bridgehead atoms. The molecule has 0 fully saturated rings. The van der Waals surface area contributed by atoms with Crippen molar-refractivity contribution in [3.05, 3.63) is 69.5 Å². The van der Waals surface area contributed by atoms with E-state index in [4.69, 9.17) is 5.73 Å². The molecule has 124 valence electrons. The van der Waals surface area contributed by atoms with Crippen molar-refractivity contribution < 1.29 is 13.2 Å². The summed E-state index contributed by atoms with van der Waals surface area (Å²) in [5, 5.41) is -0.222. The largest absolute Gasteiger partial charge is 0.330 e. The summed E-state index contributed by atoms with van der Waals surface area (Å²) in [4.78, 5) is 17.1. The lowest BCUT2D eigenvalue weighted by Crippen LogP contribution is -2.26. The van der Waals surface area contributed by atoms with Crippen molar-refractivity contribution in [2.75, 3.05) is 6.54 Å². The first-order valence-electron chi connectivity index (χ1n) is 7.29. The van der Waals surface area contributed by atoms with E-state index in [2.05, 4.69) is 4.98 Å². The molecule has 0 aliphatic heterocycles. The van der Waals surface area contributed by atoms with Crippen molar-refractivity contribution in [1.82, 2.24) is 9.55 Å². The SMILES string of the molecule is Cc1ccc(F)c2c(=O)n(-c3cc(F)cc(F)c3)c(CCN)nc12. The fraction of sp³-hybridized carbons (Fsp3) is 0.176. The molecule has 3 aromatic rings. The van der Waals surface area contributed by atoms with Crippen molar-refractivity contribution in [3.8, 4) is 5.69 Å². The van der Waals surface area contributed by atoms with Gasteiger partial charge >= 0.3 is 0 Å². The quantitative estimate of drug-likeness (QED) is 0.801. The molecule has 0 aliphatic carbocycles. The Hall–Kier alpha value is -2.67. The Balaban J connectivity index is 2.45. The molecule has 24 heavy (non-hydrogen) atoms. The van der Waals surface area contributed by atoms with Crippen LogP contribution >= 0.6 is 0 Å². The third-order valence-electron chi connectivity index (χ3n) is 3.72. The predicted molar refractivity (Wildman–Crippen MR) is 84.7 cm³/mol. The third kappa shape index (κ3) is 2.67. The average Bonchev–Trinajstić information content (AvgIpc) is 2.50. The minimum absolute atomic E-state index is 0.0590. The highest BCUT2D eigenvalue weighted by atomic mass is 19.1. The second-order valence-corrected chi connectivity index (χ2v) is 5.42. The van der Waals surface area contributed by atoms with Gasteiger partial charge in [-0.1, -0.05) is 6.07 Å². The van der Waals surface area contributed by atoms with Crippen LogP contribution < -0.4 is 11.3 Å². The minimum Gasteiger partial charge on any atom is -0.330 e. The monoisotopic (exact) mass is 333 g/mol. The second-order valence-electron chi connectivity index (χ2n) is 5.42. The van der Waals surface area contributed by atoms with E-state index in [1.165, 1.54) is 12.1 Å². The van der Waals surface area contributed by atoms with Crippen LogP contribution in [0.3, 0.4) is 0 Å². The first-order valence-corrected chi connectivity index (χ1v) is 7.29. The van der Waals surface area contributed by atoms with Crippen molar-refractivity contribution in [2.45, 2.75) is 13.3 Å². The first kappa shape index (κ1) is 16.2. The number of benzene rings is 2. The molecule has 2 N–H and O–H groups in total. The van der Waals surface area contributed by atoms with E-state index in [-0.39, 0.29) is 35.4 Å². The molecule has 0 radical (unpaired) electrons. The van der Waals surface area contributed by atoms with Crippen molar-refractivity contribution in [3.63, 3.8) is 0 Å². The lowest BCUT2D eigenvalue weighted by Gasteiger charge is -2.14. The van der Waals surface area contributed by atoms with Crippen LogP contribution in [0.1, 0.15) is 11.4 Å². The van der Waals surface area contributed by atoms with Gasteiger partial charge in [-0.25, -0.2) is 18.2 Å². The number of halogens is 3. The van der Waals surface area contributed by atoms with E-state index < -0.39 is 23.0 Å². The fourth-order valence-electron chi connectivity index (χ4n) is 2.66. The van der Waals surface area contributed by atoms with Gasteiger partial charge in [-0.2, -0.15) is 0 Å². The Morgan fingerprint density at radius 3 is 2.42 bits per heavy atom. The number of nitrogens with two attached hydrogens (primary N) is 1. The van der Waals surface area contributed by atoms with Gasteiger partial charge in [-0.15, -0.1) is 0 Å². The Morgan fingerprint density at radius 2 is 1.79 bits per heavy atom. The number of hydrogen-bond acceptors (Lipinski definition) is 3. The third-order valence-corrected chi connectivity index (χ3v) is 3.72. The molecular formula is C17H14F3N3O. The van der Waals surface area contributed by atoms with Crippen molar-refractivity contribution >= 4 is 10.9 Å². The Labute approximate surface area is 135 Å². The normalized spacial score (nSPS) is 11.2. The standard InChI is InChI=1S/C17H14F3N3O/c1-9-2-3-13(20)15-16(9)22-14(4-5-21)23(17(15)24)12-7-10(18)6-11(19)8-12/h2-3,6-8H,4-5,21H2,1H3. The van der Waals surface area contributed by atoms with Gasteiger partial charge in [0.25, 0.3) is 5.56 Å². The van der Waals surface area contributed by atoms with Gasteiger partial charge in [0.15, 0.2) is 0 Å². The number of aromatic nitrogens is 2. The summed E-state index contributed by atoms with van der Waals surface area (Å²) in [6.45, 7) is 1.87. The van der Waals surface area contributed by atoms with Crippen molar-refractivity contribution in [2.24, 2.45) is 5.73 Å². The van der Waals surface area contributed by atoms with Crippen molar-refractivity contribution in [1.29, 1.82) is 0 Å². The van der Waals surface area contributed by atoms with Gasteiger partial charge in [0.05, 0.1) is 11.2 Å². The van der Waals surface area contributed by atoms with Gasteiger partial charge < -0.3 is 5.73 Å². The summed E-state index contributed by atoms with van der Waals surface area (Å²) in [5.74, 6) is -2.22. The van der Waals surface area contributed by atoms with Gasteiger partial charge in [0.2, 0.25) is 0 Å². The summed E-state index contributed by atoms with van der Waals surface area (Å²) in [6.07, 6.45) is 0.194. The molecule has 4 nitrogen and oxygen atoms in total. The van der Waals surface area contributed by atoms with E-state index in [9.17, 15) is 18.0 Å². The highest BCUT2D eigenvalue weighted by Gasteiger charge is 2.17. The molecule has 1 aromatic heterocycles. The highest BCUT2D eigenvalue weighted by Crippen LogP contribution is 2.20. The number of hydrogen-bond donors (Lipinski definition) is 1. The maximum absolute atomic E-state index is 14.2. The topological polar surface area (TPSA) is 60.9 Å². The van der Waals surface area contributed by atoms with Gasteiger partial charge in [-0.05, 0) is 37.2 Å². The molecule has 0 aliphatic rings. The van der Waals surface area contributed by atoms with Crippen LogP contribution in [0.4, 0.5) is 13.2 Å². The summed E-state index contributed by atoms with van der Waals surface area (Å²) in [5.41, 5.74) is 5.61.